The summed E-state index contributed by atoms with van der Waals surface area (Å²) in [5.41, 5.74) is 2.37. The molecule has 11 heteroatoms. The van der Waals surface area contributed by atoms with E-state index in [1.165, 1.54) is 18.4 Å². The van der Waals surface area contributed by atoms with Crippen molar-refractivity contribution >= 4 is 29.2 Å². The average molecular weight is 470 g/mol. The Morgan fingerprint density at radius 1 is 1.56 bits per heavy atom. The largest absolute Gasteiger partial charge is 3.00 e. The first-order valence-electron chi connectivity index (χ1n) is 8.37. The molecule has 2 aliphatic rings. The van der Waals surface area contributed by atoms with Crippen LogP contribution >= 0.6 is 11.3 Å². The van der Waals surface area contributed by atoms with Gasteiger partial charge in [-0.05, 0) is 6.54 Å². The summed E-state index contributed by atoms with van der Waals surface area (Å²) in [5, 5.41) is 13.9. The molecule has 3 rings (SSSR count). The van der Waals surface area contributed by atoms with Crippen LogP contribution in [0.2, 0.25) is 0 Å². The number of likely N-dealkylation sites (tertiary alicyclic amines) is 1. The fourth-order valence-electron chi connectivity index (χ4n) is 3.13. The molecule has 0 spiro atoms. The average Bonchev–Trinajstić information content (AvgIpc) is 3.36. The number of hydrogen-bond donors (Lipinski definition) is 2. The first-order valence-corrected chi connectivity index (χ1v) is 9.31. The maximum absolute atomic E-state index is 12.8. The monoisotopic (exact) mass is 470 g/mol. The molecule has 0 bridgehead atoms. The number of aliphatic hydroxyl groups is 1. The van der Waals surface area contributed by atoms with Crippen molar-refractivity contribution in [3.05, 3.63) is 23.1 Å². The van der Waals surface area contributed by atoms with Crippen LogP contribution < -0.4 is 5.32 Å². The third-order valence-electron chi connectivity index (χ3n) is 4.51. The molecule has 2 fully saturated rings. The second-order valence-corrected chi connectivity index (χ2v) is 6.98. The molecular weight excluding hydrogens is 449 g/mol. The minimum atomic E-state index is -0.985. The van der Waals surface area contributed by atoms with E-state index in [9.17, 15) is 19.5 Å². The van der Waals surface area contributed by atoms with Crippen molar-refractivity contribution in [3.63, 3.8) is 0 Å². The number of carbonyl (C=O) groups excluding carboxylic acids is 3. The summed E-state index contributed by atoms with van der Waals surface area (Å²) in [6.07, 6.45) is 0.334. The van der Waals surface area contributed by atoms with Gasteiger partial charge in [0.1, 0.15) is 6.04 Å². The van der Waals surface area contributed by atoms with Crippen molar-refractivity contribution in [2.75, 3.05) is 20.2 Å². The molecule has 3 heterocycles. The Morgan fingerprint density at radius 3 is 2.93 bits per heavy atom. The smallest absolute Gasteiger partial charge is 0.491 e. The number of amides is 3. The van der Waals surface area contributed by atoms with Gasteiger partial charge in [0.05, 0.1) is 17.8 Å². The molecule has 0 aliphatic carbocycles. The molecule has 0 radical (unpaired) electrons. The standard InChI is InChI=1S/C16H21N4O5S.Y/c1-19-13(12(7-21)25-16(19)24)14(22)18-11(6-10-8-26-9-17-10)15(23)20-4-2-3-5-20;/h4,8-9,11-13,21H,2-3,5-7H2,1H3,(H,18,22);/q-1;+3. The summed E-state index contributed by atoms with van der Waals surface area (Å²) in [6.45, 7) is 1.97. The molecule has 2 N–H and O–H groups in total. The van der Waals surface area contributed by atoms with E-state index in [4.69, 9.17) is 4.74 Å². The van der Waals surface area contributed by atoms with E-state index in [1.807, 2.05) is 11.9 Å². The minimum Gasteiger partial charge on any atom is -0.491 e. The fraction of sp³-hybridized carbons (Fsp3) is 0.562. The van der Waals surface area contributed by atoms with Gasteiger partial charge < -0.3 is 20.1 Å². The third-order valence-corrected chi connectivity index (χ3v) is 5.14. The van der Waals surface area contributed by atoms with Gasteiger partial charge in [0, 0.05) is 18.8 Å². The number of carbonyl (C=O) groups is 3. The van der Waals surface area contributed by atoms with Crippen LogP contribution in [0.25, 0.3) is 0 Å². The summed E-state index contributed by atoms with van der Waals surface area (Å²) < 4.78 is 4.97. The van der Waals surface area contributed by atoms with E-state index >= 15 is 0 Å². The Bertz CT molecular complexity index is 668. The molecule has 2 saturated heterocycles. The number of aliphatic hydroxyl groups excluding tert-OH is 1. The molecular formula is C16H21N4O5SY+2. The number of aromatic nitrogens is 1. The molecule has 2 aliphatic heterocycles. The van der Waals surface area contributed by atoms with Crippen molar-refractivity contribution in [3.8, 4) is 0 Å². The van der Waals surface area contributed by atoms with Crippen LogP contribution in [0.5, 0.6) is 0 Å². The number of thiazole rings is 1. The number of rotatable bonds is 6. The fourth-order valence-corrected chi connectivity index (χ4v) is 3.70. The number of ether oxygens (including phenoxy) is 1. The third kappa shape index (κ3) is 5.04. The summed E-state index contributed by atoms with van der Waals surface area (Å²) in [6, 6.07) is -1.79. The van der Waals surface area contributed by atoms with E-state index < -0.39 is 36.8 Å². The van der Waals surface area contributed by atoms with Gasteiger partial charge in [-0.25, -0.2) is 16.3 Å². The van der Waals surface area contributed by atoms with Crippen molar-refractivity contribution in [2.45, 2.75) is 37.5 Å². The molecule has 27 heavy (non-hydrogen) atoms. The molecule has 1 aromatic heterocycles. The van der Waals surface area contributed by atoms with Crippen molar-refractivity contribution < 1.29 is 56.9 Å². The quantitative estimate of drug-likeness (QED) is 0.556. The first kappa shape index (κ1) is 22.2. The molecule has 3 atom stereocenters. The van der Waals surface area contributed by atoms with E-state index in [0.29, 0.717) is 12.2 Å². The molecule has 3 amide bonds. The molecule has 1 aromatic rings. The SMILES string of the molecule is CN1C(=O)OC(CO)C1C(=O)NC(Cc1cscn1)C(=O)N1[CH-]CCC1.[Y+3]. The summed E-state index contributed by atoms with van der Waals surface area (Å²) >= 11 is 1.41. The second-order valence-electron chi connectivity index (χ2n) is 6.26. The van der Waals surface area contributed by atoms with Crippen LogP contribution in [-0.4, -0.2) is 76.2 Å². The zero-order valence-electron chi connectivity index (χ0n) is 14.9. The Labute approximate surface area is 186 Å². The Kier molecular flexibility index (Phi) is 8.14. The van der Waals surface area contributed by atoms with E-state index in [1.54, 1.807) is 10.4 Å². The molecule has 0 aromatic carbocycles. The van der Waals surface area contributed by atoms with E-state index in [0.717, 1.165) is 17.7 Å². The normalized spacial score (nSPS) is 23.0. The van der Waals surface area contributed by atoms with Crippen LogP contribution in [0.3, 0.4) is 0 Å². The van der Waals surface area contributed by atoms with Gasteiger partial charge >= 0.3 is 38.8 Å². The second kappa shape index (κ2) is 9.90. The van der Waals surface area contributed by atoms with E-state index in [-0.39, 0.29) is 45.0 Å². The molecule has 0 saturated carbocycles. The zero-order valence-corrected chi connectivity index (χ0v) is 18.6. The molecule has 3 unspecified atom stereocenters. The van der Waals surface area contributed by atoms with Gasteiger partial charge in [0.25, 0.3) is 0 Å². The van der Waals surface area contributed by atoms with Gasteiger partial charge in [-0.2, -0.15) is 6.42 Å². The molecule has 142 valence electrons. The summed E-state index contributed by atoms with van der Waals surface area (Å²) in [4.78, 5) is 44.1. The van der Waals surface area contributed by atoms with Gasteiger partial charge in [-0.3, -0.25) is 14.5 Å². The van der Waals surface area contributed by atoms with Crippen molar-refractivity contribution in [1.29, 1.82) is 0 Å². The zero-order chi connectivity index (χ0) is 18.7. The first-order chi connectivity index (χ1) is 12.5. The minimum absolute atomic E-state index is 0. The van der Waals surface area contributed by atoms with Gasteiger partial charge in [0.15, 0.2) is 12.1 Å². The Hall–Kier alpha value is -1.10. The van der Waals surface area contributed by atoms with Gasteiger partial charge in [-0.1, -0.05) is 6.42 Å². The number of cyclic esters (lactones) is 1. The van der Waals surface area contributed by atoms with Gasteiger partial charge in [0.2, 0.25) is 11.8 Å². The number of likely N-dealkylation sites (N-methyl/N-ethyl adjacent to an activating group) is 1. The van der Waals surface area contributed by atoms with Crippen LogP contribution in [-0.2, 0) is 53.5 Å². The van der Waals surface area contributed by atoms with Crippen LogP contribution in [0, 0.1) is 6.54 Å². The Balaban J connectivity index is 0.00000261. The summed E-state index contributed by atoms with van der Waals surface area (Å²) in [7, 11) is 1.42. The van der Waals surface area contributed by atoms with Crippen LogP contribution in [0.1, 0.15) is 18.5 Å². The summed E-state index contributed by atoms with van der Waals surface area (Å²) in [5.74, 6) is -0.748. The van der Waals surface area contributed by atoms with Crippen molar-refractivity contribution in [1.82, 2.24) is 20.1 Å². The number of hydrogen-bond acceptors (Lipinski definition) is 7. The van der Waals surface area contributed by atoms with E-state index in [2.05, 4.69) is 10.3 Å². The number of nitrogens with zero attached hydrogens (tertiary/aromatic N) is 3. The predicted octanol–water partition coefficient (Wildman–Crippen LogP) is -0.236. The maximum Gasteiger partial charge on any atom is 3.00 e. The Morgan fingerprint density at radius 2 is 2.33 bits per heavy atom. The number of nitrogens with one attached hydrogen (secondary N) is 1. The topological polar surface area (TPSA) is 112 Å². The van der Waals surface area contributed by atoms with Gasteiger partial charge in [-0.15, -0.1) is 11.3 Å². The van der Waals surface area contributed by atoms with Crippen LogP contribution in [0.4, 0.5) is 4.79 Å². The maximum atomic E-state index is 12.8. The predicted molar refractivity (Wildman–Crippen MR) is 91.9 cm³/mol. The van der Waals surface area contributed by atoms with Crippen molar-refractivity contribution in [2.24, 2.45) is 0 Å². The molecule has 9 nitrogen and oxygen atoms in total. The van der Waals surface area contributed by atoms with Crippen LogP contribution in [0.15, 0.2) is 10.9 Å².